The van der Waals surface area contributed by atoms with E-state index in [4.69, 9.17) is 32.8 Å². The Hall–Kier alpha value is -2.49. The van der Waals surface area contributed by atoms with E-state index in [0.717, 1.165) is 17.0 Å². The zero-order chi connectivity index (χ0) is 23.7. The van der Waals surface area contributed by atoms with Crippen LogP contribution in [0.15, 0.2) is 41.6 Å². The molecule has 0 spiro atoms. The van der Waals surface area contributed by atoms with Gasteiger partial charge in [-0.2, -0.15) is 13.2 Å². The molecular formula is C21H19Cl2F3N2O4. The van der Waals surface area contributed by atoms with Gasteiger partial charge in [-0.25, -0.2) is 4.79 Å². The van der Waals surface area contributed by atoms with E-state index in [2.05, 4.69) is 5.16 Å². The molecule has 172 valence electrons. The molecule has 0 saturated carbocycles. The number of halogens is 5. The van der Waals surface area contributed by atoms with Crippen molar-refractivity contribution < 1.29 is 32.6 Å². The summed E-state index contributed by atoms with van der Waals surface area (Å²) in [5.41, 5.74) is -1.81. The first-order valence-electron chi connectivity index (χ1n) is 9.37. The van der Waals surface area contributed by atoms with E-state index in [9.17, 15) is 23.1 Å². The van der Waals surface area contributed by atoms with Gasteiger partial charge in [0.25, 0.3) is 5.60 Å². The largest absolute Gasteiger partial charge is 0.465 e. The van der Waals surface area contributed by atoms with Crippen molar-refractivity contribution in [2.24, 2.45) is 5.16 Å². The number of oxime groups is 1. The number of ether oxygens (including phenoxy) is 1. The van der Waals surface area contributed by atoms with Crippen LogP contribution in [0.1, 0.15) is 23.1 Å². The smallest absolute Gasteiger partial charge is 0.435 e. The number of carbonyl (C=O) groups is 1. The van der Waals surface area contributed by atoms with Gasteiger partial charge in [0.15, 0.2) is 0 Å². The molecule has 32 heavy (non-hydrogen) atoms. The molecular weight excluding hydrogens is 472 g/mol. The highest BCUT2D eigenvalue weighted by Gasteiger charge is 2.62. The zero-order valence-corrected chi connectivity index (χ0v) is 18.6. The van der Waals surface area contributed by atoms with Gasteiger partial charge in [0.2, 0.25) is 0 Å². The van der Waals surface area contributed by atoms with E-state index < -0.39 is 24.3 Å². The summed E-state index contributed by atoms with van der Waals surface area (Å²) in [5, 5.41) is 13.3. The number of hydrogen-bond acceptors (Lipinski definition) is 4. The molecule has 1 atom stereocenters. The van der Waals surface area contributed by atoms with Crippen molar-refractivity contribution in [1.82, 2.24) is 0 Å². The minimum atomic E-state index is -4.83. The molecule has 0 aromatic heterocycles. The molecule has 3 rings (SSSR count). The van der Waals surface area contributed by atoms with Crippen LogP contribution < -0.4 is 4.90 Å². The van der Waals surface area contributed by atoms with Gasteiger partial charge in [-0.15, -0.1) is 0 Å². The topological polar surface area (TPSA) is 71.4 Å². The van der Waals surface area contributed by atoms with Crippen LogP contribution in [0.4, 0.5) is 23.7 Å². The van der Waals surface area contributed by atoms with Gasteiger partial charge in [-0.1, -0.05) is 40.5 Å². The molecule has 0 fully saturated rings. The average Bonchev–Trinajstić information content (AvgIpc) is 3.15. The molecule has 1 aliphatic rings. The molecule has 1 aliphatic heterocycles. The van der Waals surface area contributed by atoms with Crippen LogP contribution in [-0.2, 0) is 15.2 Å². The lowest BCUT2D eigenvalue weighted by atomic mass is 9.86. The fraction of sp³-hybridized carbons (Fsp3) is 0.333. The fourth-order valence-corrected chi connectivity index (χ4v) is 3.95. The highest BCUT2D eigenvalue weighted by molar-refractivity contribution is 6.34. The Balaban J connectivity index is 2.01. The van der Waals surface area contributed by atoms with Crippen molar-refractivity contribution in [3.8, 4) is 0 Å². The summed E-state index contributed by atoms with van der Waals surface area (Å²) < 4.78 is 47.5. The van der Waals surface area contributed by atoms with Crippen molar-refractivity contribution >= 4 is 40.7 Å². The molecule has 1 N–H and O–H groups in total. The summed E-state index contributed by atoms with van der Waals surface area (Å²) in [7, 11) is 1.44. The summed E-state index contributed by atoms with van der Waals surface area (Å²) >= 11 is 11.8. The van der Waals surface area contributed by atoms with Crippen LogP contribution in [0.2, 0.25) is 10.0 Å². The number of nitrogens with zero attached hydrogens (tertiary/aromatic N) is 2. The standard InChI is InChI=1S/C21H19Cl2F3N2O4/c1-12-3-4-13(7-18(12)28(19(29)30)5-6-31-2)17-11-20(32-27-17,21(24,25)26)14-8-15(22)10-16(23)9-14/h3-4,7-10H,5-6,11H2,1-2H3,(H,29,30). The van der Waals surface area contributed by atoms with E-state index >= 15 is 0 Å². The third-order valence-electron chi connectivity index (χ3n) is 5.10. The lowest BCUT2D eigenvalue weighted by Gasteiger charge is -2.29. The van der Waals surface area contributed by atoms with Gasteiger partial charge >= 0.3 is 12.3 Å². The Morgan fingerprint density at radius 2 is 1.91 bits per heavy atom. The SMILES string of the molecule is COCCN(C(=O)O)c1cc(C2=NOC(c3cc(Cl)cc(Cl)c3)(C(F)(F)F)C2)ccc1C. The molecule has 11 heteroatoms. The highest BCUT2D eigenvalue weighted by atomic mass is 35.5. The van der Waals surface area contributed by atoms with Gasteiger partial charge in [0.05, 0.1) is 24.6 Å². The number of methoxy groups -OCH3 is 1. The number of amides is 1. The second-order valence-electron chi connectivity index (χ2n) is 7.22. The van der Waals surface area contributed by atoms with E-state index in [-0.39, 0.29) is 34.5 Å². The van der Waals surface area contributed by atoms with E-state index in [0.29, 0.717) is 16.8 Å². The van der Waals surface area contributed by atoms with Gasteiger partial charge in [0, 0.05) is 34.7 Å². The van der Waals surface area contributed by atoms with Gasteiger partial charge in [0.1, 0.15) is 0 Å². The van der Waals surface area contributed by atoms with Crippen molar-refractivity contribution in [2.75, 3.05) is 25.2 Å². The second kappa shape index (κ2) is 9.17. The van der Waals surface area contributed by atoms with Crippen molar-refractivity contribution in [2.45, 2.75) is 25.1 Å². The van der Waals surface area contributed by atoms with Crippen LogP contribution in [0.25, 0.3) is 0 Å². The van der Waals surface area contributed by atoms with Crippen molar-refractivity contribution in [3.63, 3.8) is 0 Å². The number of hydrogen-bond donors (Lipinski definition) is 1. The summed E-state index contributed by atoms with van der Waals surface area (Å²) in [6.07, 6.45) is -6.68. The van der Waals surface area contributed by atoms with E-state index in [1.165, 1.54) is 19.2 Å². The van der Waals surface area contributed by atoms with Crippen LogP contribution in [-0.4, -0.2) is 43.3 Å². The van der Waals surface area contributed by atoms with Crippen LogP contribution >= 0.6 is 23.2 Å². The maximum atomic E-state index is 14.2. The molecule has 2 aromatic carbocycles. The van der Waals surface area contributed by atoms with Crippen LogP contribution in [0.3, 0.4) is 0 Å². The number of anilines is 1. The monoisotopic (exact) mass is 490 g/mol. The lowest BCUT2D eigenvalue weighted by Crippen LogP contribution is -2.42. The third-order valence-corrected chi connectivity index (χ3v) is 5.53. The number of rotatable bonds is 6. The third kappa shape index (κ3) is 4.65. The first kappa shape index (κ1) is 24.2. The Morgan fingerprint density at radius 1 is 1.25 bits per heavy atom. The molecule has 6 nitrogen and oxygen atoms in total. The molecule has 0 bridgehead atoms. The van der Waals surface area contributed by atoms with E-state index in [1.54, 1.807) is 19.1 Å². The average molecular weight is 491 g/mol. The Morgan fingerprint density at radius 3 is 2.47 bits per heavy atom. The van der Waals surface area contributed by atoms with Crippen LogP contribution in [0, 0.1) is 6.92 Å². The zero-order valence-electron chi connectivity index (χ0n) is 17.0. The molecule has 2 aromatic rings. The summed E-state index contributed by atoms with van der Waals surface area (Å²) in [6.45, 7) is 1.89. The summed E-state index contributed by atoms with van der Waals surface area (Å²) in [4.78, 5) is 17.8. The highest BCUT2D eigenvalue weighted by Crippen LogP contribution is 2.49. The quantitative estimate of drug-likeness (QED) is 0.537. The summed E-state index contributed by atoms with van der Waals surface area (Å²) in [6, 6.07) is 8.24. The predicted molar refractivity (Wildman–Crippen MR) is 115 cm³/mol. The normalized spacial score (nSPS) is 18.3. The molecule has 0 saturated heterocycles. The van der Waals surface area contributed by atoms with Gasteiger partial charge < -0.3 is 14.7 Å². The second-order valence-corrected chi connectivity index (χ2v) is 8.09. The first-order chi connectivity index (χ1) is 15.0. The van der Waals surface area contributed by atoms with Crippen LogP contribution in [0.5, 0.6) is 0 Å². The predicted octanol–water partition coefficient (Wildman–Crippen LogP) is 6.01. The molecule has 1 heterocycles. The van der Waals surface area contributed by atoms with Gasteiger partial charge in [-0.3, -0.25) is 4.90 Å². The Bertz CT molecular complexity index is 1040. The molecule has 1 amide bonds. The number of benzene rings is 2. The molecule has 0 aliphatic carbocycles. The number of alkyl halides is 3. The lowest BCUT2D eigenvalue weighted by molar-refractivity contribution is -0.275. The van der Waals surface area contributed by atoms with Crippen molar-refractivity contribution in [3.05, 3.63) is 63.1 Å². The maximum Gasteiger partial charge on any atom is 0.435 e. The minimum Gasteiger partial charge on any atom is -0.465 e. The Labute approximate surface area is 192 Å². The van der Waals surface area contributed by atoms with Gasteiger partial charge in [-0.05, 0) is 36.8 Å². The maximum absolute atomic E-state index is 14.2. The van der Waals surface area contributed by atoms with E-state index in [1.807, 2.05) is 0 Å². The minimum absolute atomic E-state index is 0.0109. The first-order valence-corrected chi connectivity index (χ1v) is 10.1. The number of aryl methyl sites for hydroxylation is 1. The van der Waals surface area contributed by atoms with Crippen molar-refractivity contribution in [1.29, 1.82) is 0 Å². The number of carboxylic acid groups (broad SMARTS) is 1. The fourth-order valence-electron chi connectivity index (χ4n) is 3.43. The Kier molecular flexibility index (Phi) is 6.92. The molecule has 1 unspecified atom stereocenters. The summed E-state index contributed by atoms with van der Waals surface area (Å²) in [5.74, 6) is 0. The molecule has 0 radical (unpaired) electrons.